The first-order valence-electron chi connectivity index (χ1n) is 10.6. The number of fused-ring (bicyclic) bond motifs is 2. The number of thiazole rings is 1. The van der Waals surface area contributed by atoms with E-state index in [2.05, 4.69) is 15.0 Å². The van der Waals surface area contributed by atoms with Crippen molar-refractivity contribution in [2.24, 2.45) is 11.1 Å². The van der Waals surface area contributed by atoms with Gasteiger partial charge in [0.1, 0.15) is 11.3 Å². The van der Waals surface area contributed by atoms with Crippen molar-refractivity contribution >= 4 is 35.1 Å². The smallest absolute Gasteiger partial charge is 0.155 e. The third-order valence-electron chi connectivity index (χ3n) is 7.02. The first-order chi connectivity index (χ1) is 15.1. The largest absolute Gasteiger partial charge is 0.355 e. The maximum absolute atomic E-state index is 14.5. The number of hydrogen-bond acceptors (Lipinski definition) is 6. The van der Waals surface area contributed by atoms with Crippen LogP contribution >= 0.6 is 23.7 Å². The number of rotatable bonds is 2. The molecule has 0 radical (unpaired) electrons. The SMILES string of the molecule is Cc1nc(N2CCC3(CC2)Cc2ncsc2[C@H]3N)c2ccnn2c1-c1ccccc1F.Cl. The van der Waals surface area contributed by atoms with Crippen LogP contribution in [0.5, 0.6) is 0 Å². The van der Waals surface area contributed by atoms with Crippen molar-refractivity contribution in [2.75, 3.05) is 18.0 Å². The summed E-state index contributed by atoms with van der Waals surface area (Å²) < 4.78 is 16.4. The summed E-state index contributed by atoms with van der Waals surface area (Å²) in [6, 6.07) is 8.82. The van der Waals surface area contributed by atoms with Gasteiger partial charge in [-0.2, -0.15) is 5.10 Å². The van der Waals surface area contributed by atoms with E-state index >= 15 is 0 Å². The minimum absolute atomic E-state index is 0. The molecule has 1 aliphatic carbocycles. The summed E-state index contributed by atoms with van der Waals surface area (Å²) in [6.07, 6.45) is 4.74. The molecule has 2 aliphatic rings. The number of anilines is 1. The second-order valence-corrected chi connectivity index (χ2v) is 9.53. The number of nitrogens with zero attached hydrogens (tertiary/aromatic N) is 5. The predicted molar refractivity (Wildman–Crippen MR) is 127 cm³/mol. The average molecular weight is 471 g/mol. The second-order valence-electron chi connectivity index (χ2n) is 8.64. The molecule has 1 fully saturated rings. The molecule has 0 amide bonds. The third kappa shape index (κ3) is 3.04. The third-order valence-corrected chi connectivity index (χ3v) is 7.98. The van der Waals surface area contributed by atoms with Crippen molar-refractivity contribution in [3.8, 4) is 11.3 Å². The Bertz CT molecular complexity index is 1290. The summed E-state index contributed by atoms with van der Waals surface area (Å²) in [7, 11) is 0. The van der Waals surface area contributed by atoms with E-state index < -0.39 is 0 Å². The maximum Gasteiger partial charge on any atom is 0.155 e. The number of aryl methyl sites for hydroxylation is 1. The molecule has 0 bridgehead atoms. The van der Waals surface area contributed by atoms with Gasteiger partial charge in [0.05, 0.1) is 28.8 Å². The van der Waals surface area contributed by atoms with Gasteiger partial charge < -0.3 is 10.6 Å². The molecule has 6 rings (SSSR count). The van der Waals surface area contributed by atoms with Gasteiger partial charge >= 0.3 is 0 Å². The fourth-order valence-electron chi connectivity index (χ4n) is 5.31. The maximum atomic E-state index is 14.5. The van der Waals surface area contributed by atoms with Crippen LogP contribution in [0.2, 0.25) is 0 Å². The Kier molecular flexibility index (Phi) is 5.19. The van der Waals surface area contributed by atoms with Gasteiger partial charge in [0, 0.05) is 29.6 Å². The van der Waals surface area contributed by atoms with Crippen LogP contribution in [0.15, 0.2) is 42.0 Å². The van der Waals surface area contributed by atoms with Crippen LogP contribution in [0.25, 0.3) is 16.8 Å². The zero-order valence-corrected chi connectivity index (χ0v) is 19.3. The summed E-state index contributed by atoms with van der Waals surface area (Å²) in [6.45, 7) is 3.69. The van der Waals surface area contributed by atoms with E-state index in [1.807, 2.05) is 29.1 Å². The first-order valence-corrected chi connectivity index (χ1v) is 11.5. The Morgan fingerprint density at radius 1 is 1.19 bits per heavy atom. The van der Waals surface area contributed by atoms with Gasteiger partial charge in [-0.25, -0.2) is 18.9 Å². The number of benzene rings is 1. The lowest BCUT2D eigenvalue weighted by molar-refractivity contribution is 0.187. The molecule has 4 aromatic rings. The van der Waals surface area contributed by atoms with E-state index in [0.717, 1.165) is 49.4 Å². The van der Waals surface area contributed by atoms with E-state index in [0.29, 0.717) is 11.3 Å². The number of halogens is 2. The highest BCUT2D eigenvalue weighted by molar-refractivity contribution is 7.09. The van der Waals surface area contributed by atoms with Crippen LogP contribution in [0, 0.1) is 18.2 Å². The molecular weight excluding hydrogens is 447 g/mol. The normalized spacial score (nSPS) is 19.3. The molecule has 1 aromatic carbocycles. The molecule has 1 saturated heterocycles. The number of aromatic nitrogens is 4. The van der Waals surface area contributed by atoms with Crippen LogP contribution in [-0.4, -0.2) is 32.7 Å². The molecule has 166 valence electrons. The van der Waals surface area contributed by atoms with Gasteiger partial charge in [0.2, 0.25) is 0 Å². The predicted octanol–water partition coefficient (Wildman–Crippen LogP) is 4.56. The molecule has 0 saturated carbocycles. The molecule has 0 unspecified atom stereocenters. The molecule has 9 heteroatoms. The average Bonchev–Trinajstić information content (AvgIpc) is 3.48. The summed E-state index contributed by atoms with van der Waals surface area (Å²) >= 11 is 1.69. The minimum atomic E-state index is -0.270. The molecule has 1 spiro atoms. The molecule has 3 aromatic heterocycles. The van der Waals surface area contributed by atoms with Crippen molar-refractivity contribution in [3.05, 3.63) is 64.1 Å². The van der Waals surface area contributed by atoms with Gasteiger partial charge in [-0.3, -0.25) is 0 Å². The van der Waals surface area contributed by atoms with Crippen LogP contribution in [0.4, 0.5) is 10.2 Å². The first kappa shape index (κ1) is 21.3. The molecule has 32 heavy (non-hydrogen) atoms. The van der Waals surface area contributed by atoms with Crippen molar-refractivity contribution in [3.63, 3.8) is 0 Å². The number of hydrogen-bond donors (Lipinski definition) is 1. The topological polar surface area (TPSA) is 72.3 Å². The van der Waals surface area contributed by atoms with Gasteiger partial charge in [0.25, 0.3) is 0 Å². The summed E-state index contributed by atoms with van der Waals surface area (Å²) in [5, 5.41) is 4.51. The Morgan fingerprint density at radius 2 is 1.97 bits per heavy atom. The molecule has 2 N–H and O–H groups in total. The Balaban J connectivity index is 0.00000216. The molecule has 1 atom stereocenters. The number of nitrogens with two attached hydrogens (primary N) is 1. The van der Waals surface area contributed by atoms with Crippen molar-refractivity contribution in [1.29, 1.82) is 0 Å². The van der Waals surface area contributed by atoms with E-state index in [9.17, 15) is 4.39 Å². The monoisotopic (exact) mass is 470 g/mol. The lowest BCUT2D eigenvalue weighted by Crippen LogP contribution is -2.44. The number of piperidine rings is 1. The highest BCUT2D eigenvalue weighted by atomic mass is 35.5. The Morgan fingerprint density at radius 3 is 2.72 bits per heavy atom. The lowest BCUT2D eigenvalue weighted by atomic mass is 9.74. The van der Waals surface area contributed by atoms with Gasteiger partial charge in [-0.05, 0) is 49.8 Å². The van der Waals surface area contributed by atoms with Crippen molar-refractivity contribution < 1.29 is 4.39 Å². The minimum Gasteiger partial charge on any atom is -0.355 e. The second kappa shape index (κ2) is 7.79. The summed E-state index contributed by atoms with van der Waals surface area (Å²) in [5.74, 6) is 0.637. The molecular formula is C23H24ClFN6S. The van der Waals surface area contributed by atoms with E-state index in [1.54, 1.807) is 29.7 Å². The van der Waals surface area contributed by atoms with Gasteiger partial charge in [-0.15, -0.1) is 23.7 Å². The zero-order chi connectivity index (χ0) is 21.2. The molecule has 6 nitrogen and oxygen atoms in total. The fraction of sp³-hybridized carbons (Fsp3) is 0.348. The van der Waals surface area contributed by atoms with Crippen LogP contribution < -0.4 is 10.6 Å². The highest BCUT2D eigenvalue weighted by Crippen LogP contribution is 2.52. The summed E-state index contributed by atoms with van der Waals surface area (Å²) in [5.41, 5.74) is 12.7. The molecule has 4 heterocycles. The Hall–Kier alpha value is -2.55. The van der Waals surface area contributed by atoms with Gasteiger partial charge in [-0.1, -0.05) is 12.1 Å². The van der Waals surface area contributed by atoms with E-state index in [-0.39, 0.29) is 29.7 Å². The summed E-state index contributed by atoms with van der Waals surface area (Å²) in [4.78, 5) is 13.1. The van der Waals surface area contributed by atoms with Crippen LogP contribution in [0.1, 0.15) is 35.1 Å². The lowest BCUT2D eigenvalue weighted by Gasteiger charge is -2.42. The van der Waals surface area contributed by atoms with Crippen LogP contribution in [-0.2, 0) is 6.42 Å². The highest BCUT2D eigenvalue weighted by Gasteiger charge is 2.47. The zero-order valence-electron chi connectivity index (χ0n) is 17.7. The molecule has 1 aliphatic heterocycles. The van der Waals surface area contributed by atoms with E-state index in [1.165, 1.54) is 16.6 Å². The Labute approximate surface area is 195 Å². The van der Waals surface area contributed by atoms with Gasteiger partial charge in [0.15, 0.2) is 5.82 Å². The van der Waals surface area contributed by atoms with Crippen LogP contribution in [0.3, 0.4) is 0 Å². The quantitative estimate of drug-likeness (QED) is 0.464. The van der Waals surface area contributed by atoms with Crippen molar-refractivity contribution in [2.45, 2.75) is 32.2 Å². The van der Waals surface area contributed by atoms with Crippen molar-refractivity contribution in [1.82, 2.24) is 19.6 Å². The fourth-order valence-corrected chi connectivity index (χ4v) is 6.26. The standard InChI is InChI=1S/C23H23FN6S.ClH/c1-14-19(15-4-2-3-5-16(15)24)30-18(6-9-27-30)22(28-14)29-10-7-23(8-11-29)12-17-20(21(23)25)31-13-26-17;/h2-6,9,13,21H,7-8,10-12,25H2,1H3;1H/t21-;/m1./s1. The van der Waals surface area contributed by atoms with E-state index in [4.69, 9.17) is 10.7 Å².